The van der Waals surface area contributed by atoms with Crippen LogP contribution in [0.15, 0.2) is 30.6 Å². The van der Waals surface area contributed by atoms with Gasteiger partial charge in [-0.05, 0) is 37.0 Å². The molecule has 0 bridgehead atoms. The summed E-state index contributed by atoms with van der Waals surface area (Å²) in [5, 5.41) is 0.863. The Morgan fingerprint density at radius 3 is 2.74 bits per heavy atom. The Morgan fingerprint density at radius 2 is 2.11 bits per heavy atom. The zero-order valence-electron chi connectivity index (χ0n) is 11.7. The van der Waals surface area contributed by atoms with Gasteiger partial charge in [0, 0.05) is 17.4 Å². The molecule has 0 unspecified atom stereocenters. The molecule has 0 aliphatic heterocycles. The fraction of sp³-hybridized carbons (Fsp3) is 0.438. The zero-order chi connectivity index (χ0) is 13.7. The molecule has 102 valence electrons. The van der Waals surface area contributed by atoms with Gasteiger partial charge in [-0.1, -0.05) is 43.5 Å². The number of benzene rings is 1. The van der Waals surface area contributed by atoms with E-state index >= 15 is 0 Å². The quantitative estimate of drug-likeness (QED) is 0.704. The average molecular weight is 277 g/mol. The molecule has 1 aromatic carbocycles. The lowest BCUT2D eigenvalue weighted by Gasteiger charge is -2.09. The monoisotopic (exact) mass is 276 g/mol. The van der Waals surface area contributed by atoms with Crippen molar-refractivity contribution in [1.29, 1.82) is 0 Å². The van der Waals surface area contributed by atoms with Gasteiger partial charge in [0.15, 0.2) is 0 Å². The number of hydrogen-bond acceptors (Lipinski definition) is 1. The van der Waals surface area contributed by atoms with E-state index in [-0.39, 0.29) is 0 Å². The predicted molar refractivity (Wildman–Crippen MR) is 80.7 cm³/mol. The molecule has 0 aliphatic carbocycles. The number of unbranched alkanes of at least 4 members (excludes halogenated alkanes) is 2. The molecular weight excluding hydrogens is 256 g/mol. The van der Waals surface area contributed by atoms with Gasteiger partial charge in [-0.2, -0.15) is 0 Å². The Hall–Kier alpha value is -1.28. The van der Waals surface area contributed by atoms with E-state index in [1.165, 1.54) is 24.8 Å². The predicted octanol–water partition coefficient (Wildman–Crippen LogP) is 4.63. The molecule has 1 aromatic heterocycles. The summed E-state index contributed by atoms with van der Waals surface area (Å²) in [7, 11) is 0. The van der Waals surface area contributed by atoms with E-state index in [1.54, 1.807) is 0 Å². The van der Waals surface area contributed by atoms with Crippen molar-refractivity contribution in [3.63, 3.8) is 0 Å². The maximum absolute atomic E-state index is 6.38. The van der Waals surface area contributed by atoms with E-state index in [4.69, 9.17) is 11.6 Å². The average Bonchev–Trinajstić information content (AvgIpc) is 2.79. The lowest BCUT2D eigenvalue weighted by Crippen LogP contribution is -2.01. The van der Waals surface area contributed by atoms with Crippen LogP contribution in [0.25, 0.3) is 0 Å². The van der Waals surface area contributed by atoms with Gasteiger partial charge in [-0.3, -0.25) is 0 Å². The summed E-state index contributed by atoms with van der Waals surface area (Å²) < 4.78 is 2.11. The molecule has 19 heavy (non-hydrogen) atoms. The Morgan fingerprint density at radius 1 is 1.26 bits per heavy atom. The van der Waals surface area contributed by atoms with Crippen molar-refractivity contribution in [2.24, 2.45) is 0 Å². The third-order valence-corrected chi connectivity index (χ3v) is 3.80. The van der Waals surface area contributed by atoms with Crippen molar-refractivity contribution >= 4 is 11.6 Å². The van der Waals surface area contributed by atoms with E-state index in [0.29, 0.717) is 0 Å². The normalized spacial score (nSPS) is 10.9. The molecule has 2 rings (SSSR count). The van der Waals surface area contributed by atoms with Crippen LogP contribution < -0.4 is 0 Å². The van der Waals surface area contributed by atoms with Gasteiger partial charge in [-0.15, -0.1) is 0 Å². The highest BCUT2D eigenvalue weighted by atomic mass is 35.5. The summed E-state index contributed by atoms with van der Waals surface area (Å²) in [6, 6.07) is 6.45. The van der Waals surface area contributed by atoms with Crippen molar-refractivity contribution in [3.05, 3.63) is 52.6 Å². The molecule has 0 saturated carbocycles. The maximum Gasteiger partial charge on any atom is 0.105 e. The van der Waals surface area contributed by atoms with Crippen molar-refractivity contribution in [3.8, 4) is 0 Å². The van der Waals surface area contributed by atoms with Crippen LogP contribution in [0, 0.1) is 6.92 Å². The topological polar surface area (TPSA) is 17.8 Å². The Bertz CT molecular complexity index is 531. The van der Waals surface area contributed by atoms with Crippen LogP contribution in [-0.2, 0) is 13.0 Å². The van der Waals surface area contributed by atoms with Crippen molar-refractivity contribution in [2.45, 2.75) is 46.1 Å². The molecule has 0 saturated heterocycles. The van der Waals surface area contributed by atoms with Crippen LogP contribution in [0.1, 0.15) is 43.1 Å². The molecule has 0 fully saturated rings. The standard InChI is InChI=1S/C16H21ClN2/c1-3-4-5-6-14-7-8-15(16(17)11-14)12-19-10-9-18-13(19)2/h7-11H,3-6,12H2,1-2H3. The highest BCUT2D eigenvalue weighted by molar-refractivity contribution is 6.31. The SMILES string of the molecule is CCCCCc1ccc(Cn2ccnc2C)c(Cl)c1. The van der Waals surface area contributed by atoms with E-state index in [9.17, 15) is 0 Å². The zero-order valence-corrected chi connectivity index (χ0v) is 12.5. The minimum Gasteiger partial charge on any atom is -0.331 e. The minimum absolute atomic E-state index is 0.792. The van der Waals surface area contributed by atoms with Gasteiger partial charge in [0.25, 0.3) is 0 Å². The van der Waals surface area contributed by atoms with Crippen LogP contribution in [0.3, 0.4) is 0 Å². The third-order valence-electron chi connectivity index (χ3n) is 3.45. The number of nitrogens with zero attached hydrogens (tertiary/aromatic N) is 2. The van der Waals surface area contributed by atoms with Crippen molar-refractivity contribution in [2.75, 3.05) is 0 Å². The van der Waals surface area contributed by atoms with Crippen LogP contribution in [0.4, 0.5) is 0 Å². The van der Waals surface area contributed by atoms with E-state index < -0.39 is 0 Å². The lowest BCUT2D eigenvalue weighted by molar-refractivity contribution is 0.716. The summed E-state index contributed by atoms with van der Waals surface area (Å²) in [5.41, 5.74) is 2.49. The maximum atomic E-state index is 6.38. The molecule has 0 amide bonds. The number of hydrogen-bond donors (Lipinski definition) is 0. The second kappa shape index (κ2) is 6.76. The Labute approximate surface area is 120 Å². The first-order valence-electron chi connectivity index (χ1n) is 6.95. The molecule has 0 aliphatic rings. The summed E-state index contributed by atoms with van der Waals surface area (Å²) in [5.74, 6) is 1.02. The molecule has 2 aromatic rings. The smallest absolute Gasteiger partial charge is 0.105 e. The third kappa shape index (κ3) is 3.84. The summed E-state index contributed by atoms with van der Waals surface area (Å²) in [6.07, 6.45) is 8.72. The molecule has 3 heteroatoms. The fourth-order valence-corrected chi connectivity index (χ4v) is 2.47. The summed E-state index contributed by atoms with van der Waals surface area (Å²) in [6.45, 7) is 5.02. The first-order valence-corrected chi connectivity index (χ1v) is 7.33. The van der Waals surface area contributed by atoms with Crippen molar-refractivity contribution < 1.29 is 0 Å². The van der Waals surface area contributed by atoms with Gasteiger partial charge < -0.3 is 4.57 Å². The fourth-order valence-electron chi connectivity index (χ4n) is 2.21. The van der Waals surface area contributed by atoms with E-state index in [1.807, 2.05) is 19.3 Å². The first kappa shape index (κ1) is 14.1. The molecule has 2 nitrogen and oxygen atoms in total. The second-order valence-corrected chi connectivity index (χ2v) is 5.39. The molecule has 0 atom stereocenters. The van der Waals surface area contributed by atoms with Gasteiger partial charge in [0.05, 0.1) is 6.54 Å². The molecule has 0 radical (unpaired) electrons. The summed E-state index contributed by atoms with van der Waals surface area (Å²) >= 11 is 6.38. The summed E-state index contributed by atoms with van der Waals surface area (Å²) in [4.78, 5) is 4.23. The van der Waals surface area contributed by atoms with Gasteiger partial charge >= 0.3 is 0 Å². The number of aromatic nitrogens is 2. The number of aryl methyl sites for hydroxylation is 2. The highest BCUT2D eigenvalue weighted by Gasteiger charge is 2.04. The van der Waals surface area contributed by atoms with Crippen LogP contribution in [0.2, 0.25) is 5.02 Å². The Balaban J connectivity index is 2.05. The van der Waals surface area contributed by atoms with Gasteiger partial charge in [0.1, 0.15) is 5.82 Å². The number of imidazole rings is 1. The minimum atomic E-state index is 0.792. The first-order chi connectivity index (χ1) is 9.20. The van der Waals surface area contributed by atoms with Crippen LogP contribution >= 0.6 is 11.6 Å². The molecule has 0 N–H and O–H groups in total. The molecular formula is C16H21ClN2. The molecule has 1 heterocycles. The van der Waals surface area contributed by atoms with Gasteiger partial charge in [-0.25, -0.2) is 4.98 Å². The second-order valence-electron chi connectivity index (χ2n) is 4.99. The largest absolute Gasteiger partial charge is 0.331 e. The van der Waals surface area contributed by atoms with E-state index in [2.05, 4.69) is 34.7 Å². The number of halogens is 1. The van der Waals surface area contributed by atoms with Crippen LogP contribution in [-0.4, -0.2) is 9.55 Å². The van der Waals surface area contributed by atoms with Crippen LogP contribution in [0.5, 0.6) is 0 Å². The van der Waals surface area contributed by atoms with E-state index in [0.717, 1.165) is 29.4 Å². The highest BCUT2D eigenvalue weighted by Crippen LogP contribution is 2.20. The lowest BCUT2D eigenvalue weighted by atomic mass is 10.1. The van der Waals surface area contributed by atoms with Crippen molar-refractivity contribution in [1.82, 2.24) is 9.55 Å². The van der Waals surface area contributed by atoms with Gasteiger partial charge in [0.2, 0.25) is 0 Å². The number of rotatable bonds is 6. The Kier molecular flexibility index (Phi) is 5.03. The molecule has 0 spiro atoms.